The summed E-state index contributed by atoms with van der Waals surface area (Å²) < 4.78 is 1.82. The van der Waals surface area contributed by atoms with E-state index in [-0.39, 0.29) is 5.95 Å². The van der Waals surface area contributed by atoms with E-state index < -0.39 is 0 Å². The Morgan fingerprint density at radius 2 is 2.29 bits per heavy atom. The van der Waals surface area contributed by atoms with Crippen molar-refractivity contribution in [1.82, 2.24) is 24.7 Å². The van der Waals surface area contributed by atoms with Gasteiger partial charge in [-0.1, -0.05) is 0 Å². The highest BCUT2D eigenvalue weighted by molar-refractivity contribution is 5.12. The van der Waals surface area contributed by atoms with Gasteiger partial charge in [-0.25, -0.2) is 9.97 Å². The minimum atomic E-state index is 0.260. The molecule has 0 atom stereocenters. The van der Waals surface area contributed by atoms with Gasteiger partial charge in [0.1, 0.15) is 12.2 Å². The van der Waals surface area contributed by atoms with E-state index in [1.54, 1.807) is 6.20 Å². The average Bonchev–Trinajstić information content (AvgIpc) is 2.67. The molecule has 0 aromatic carbocycles. The first-order valence-electron chi connectivity index (χ1n) is 4.25. The molecule has 0 saturated heterocycles. The van der Waals surface area contributed by atoms with Crippen LogP contribution in [0.4, 0.5) is 5.95 Å². The van der Waals surface area contributed by atoms with Crippen molar-refractivity contribution < 1.29 is 0 Å². The monoisotopic (exact) mass is 190 g/mol. The second-order valence-electron chi connectivity index (χ2n) is 2.78. The summed E-state index contributed by atoms with van der Waals surface area (Å²) >= 11 is 0. The summed E-state index contributed by atoms with van der Waals surface area (Å²) in [5.41, 5.74) is 5.42. The van der Waals surface area contributed by atoms with Crippen LogP contribution in [0.5, 0.6) is 0 Å². The summed E-state index contributed by atoms with van der Waals surface area (Å²) in [5, 5.41) is 4.07. The Hall–Kier alpha value is -1.98. The first-order chi connectivity index (χ1) is 6.84. The largest absolute Gasteiger partial charge is 0.368 e. The second-order valence-corrected chi connectivity index (χ2v) is 2.78. The topological polar surface area (TPSA) is 82.5 Å². The van der Waals surface area contributed by atoms with E-state index >= 15 is 0 Å². The molecule has 0 aliphatic heterocycles. The Labute approximate surface area is 80.8 Å². The maximum atomic E-state index is 5.42. The zero-order valence-electron chi connectivity index (χ0n) is 7.54. The number of rotatable bonds is 3. The van der Waals surface area contributed by atoms with Gasteiger partial charge >= 0.3 is 0 Å². The van der Waals surface area contributed by atoms with Gasteiger partial charge in [0.15, 0.2) is 0 Å². The SMILES string of the molecule is Nc1ncnc(CCn2cccn2)n1. The van der Waals surface area contributed by atoms with Crippen LogP contribution in [-0.4, -0.2) is 24.7 Å². The number of aryl methyl sites for hydroxylation is 2. The lowest BCUT2D eigenvalue weighted by Gasteiger charge is -2.00. The highest BCUT2D eigenvalue weighted by Gasteiger charge is 1.98. The summed E-state index contributed by atoms with van der Waals surface area (Å²) in [6.07, 6.45) is 5.75. The molecule has 0 radical (unpaired) electrons. The molecule has 2 N–H and O–H groups in total. The summed E-state index contributed by atoms with van der Waals surface area (Å²) in [6, 6.07) is 1.88. The molecule has 0 unspecified atom stereocenters. The Morgan fingerprint density at radius 1 is 1.36 bits per heavy atom. The van der Waals surface area contributed by atoms with Crippen LogP contribution >= 0.6 is 0 Å². The molecule has 0 amide bonds. The Kier molecular flexibility index (Phi) is 2.35. The maximum Gasteiger partial charge on any atom is 0.223 e. The van der Waals surface area contributed by atoms with Crippen molar-refractivity contribution in [1.29, 1.82) is 0 Å². The van der Waals surface area contributed by atoms with Gasteiger partial charge in [0, 0.05) is 25.4 Å². The van der Waals surface area contributed by atoms with Gasteiger partial charge in [-0.15, -0.1) is 0 Å². The van der Waals surface area contributed by atoms with Crippen molar-refractivity contribution in [2.24, 2.45) is 0 Å². The Balaban J connectivity index is 1.98. The number of aromatic nitrogens is 5. The zero-order chi connectivity index (χ0) is 9.80. The van der Waals surface area contributed by atoms with Crippen LogP contribution < -0.4 is 5.73 Å². The standard InChI is InChI=1S/C8H10N6/c9-8-11-6-10-7(13-8)2-5-14-4-1-3-12-14/h1,3-4,6H,2,5H2,(H2,9,10,11,13). The van der Waals surface area contributed by atoms with Crippen LogP contribution in [0.3, 0.4) is 0 Å². The summed E-state index contributed by atoms with van der Waals surface area (Å²) in [4.78, 5) is 11.7. The van der Waals surface area contributed by atoms with E-state index in [4.69, 9.17) is 5.73 Å². The molecule has 0 spiro atoms. The molecule has 2 aromatic heterocycles. The summed E-state index contributed by atoms with van der Waals surface area (Å²) in [7, 11) is 0. The quantitative estimate of drug-likeness (QED) is 0.730. The first kappa shape index (κ1) is 8.61. The van der Waals surface area contributed by atoms with Crippen LogP contribution in [0.25, 0.3) is 0 Å². The zero-order valence-corrected chi connectivity index (χ0v) is 7.54. The van der Waals surface area contributed by atoms with E-state index in [2.05, 4.69) is 20.1 Å². The van der Waals surface area contributed by atoms with Crippen molar-refractivity contribution >= 4 is 5.95 Å². The smallest absolute Gasteiger partial charge is 0.223 e. The molecular weight excluding hydrogens is 180 g/mol. The molecule has 6 nitrogen and oxygen atoms in total. The number of nitrogen functional groups attached to an aromatic ring is 1. The van der Waals surface area contributed by atoms with Crippen LogP contribution in [-0.2, 0) is 13.0 Å². The number of nitrogens with two attached hydrogens (primary N) is 1. The average molecular weight is 190 g/mol. The predicted octanol–water partition coefficient (Wildman–Crippen LogP) is -0.107. The second kappa shape index (κ2) is 3.82. The molecule has 0 bridgehead atoms. The third-order valence-corrected chi connectivity index (χ3v) is 1.76. The van der Waals surface area contributed by atoms with Crippen molar-refractivity contribution in [2.75, 3.05) is 5.73 Å². The van der Waals surface area contributed by atoms with E-state index in [9.17, 15) is 0 Å². The fourth-order valence-electron chi connectivity index (χ4n) is 1.11. The van der Waals surface area contributed by atoms with Gasteiger partial charge in [-0.3, -0.25) is 4.68 Å². The Bertz CT molecular complexity index is 396. The molecular formula is C8H10N6. The molecule has 14 heavy (non-hydrogen) atoms. The normalized spacial score (nSPS) is 10.3. The maximum absolute atomic E-state index is 5.42. The molecule has 72 valence electrons. The van der Waals surface area contributed by atoms with Crippen LogP contribution in [0.2, 0.25) is 0 Å². The molecule has 0 aliphatic carbocycles. The molecule has 2 aromatic rings. The summed E-state index contributed by atoms with van der Waals surface area (Å²) in [5.74, 6) is 0.948. The molecule has 2 rings (SSSR count). The van der Waals surface area contributed by atoms with Crippen molar-refractivity contribution in [3.63, 3.8) is 0 Å². The van der Waals surface area contributed by atoms with Gasteiger partial charge in [-0.05, 0) is 6.07 Å². The fourth-order valence-corrected chi connectivity index (χ4v) is 1.11. The minimum Gasteiger partial charge on any atom is -0.368 e. The lowest BCUT2D eigenvalue weighted by Crippen LogP contribution is -2.06. The number of hydrogen-bond donors (Lipinski definition) is 1. The lowest BCUT2D eigenvalue weighted by molar-refractivity contribution is 0.599. The highest BCUT2D eigenvalue weighted by atomic mass is 15.3. The molecule has 0 fully saturated rings. The number of anilines is 1. The molecule has 2 heterocycles. The molecule has 6 heteroatoms. The number of nitrogens with zero attached hydrogens (tertiary/aromatic N) is 5. The van der Waals surface area contributed by atoms with Crippen molar-refractivity contribution in [2.45, 2.75) is 13.0 Å². The Morgan fingerprint density at radius 3 is 3.00 bits per heavy atom. The summed E-state index contributed by atoms with van der Waals surface area (Å²) in [6.45, 7) is 0.746. The highest BCUT2D eigenvalue weighted by Crippen LogP contribution is 1.95. The van der Waals surface area contributed by atoms with Gasteiger partial charge < -0.3 is 5.73 Å². The van der Waals surface area contributed by atoms with E-state index in [0.29, 0.717) is 12.2 Å². The van der Waals surface area contributed by atoms with Gasteiger partial charge in [0.25, 0.3) is 0 Å². The lowest BCUT2D eigenvalue weighted by atomic mass is 10.4. The third kappa shape index (κ3) is 2.03. The van der Waals surface area contributed by atoms with Crippen LogP contribution in [0, 0.1) is 0 Å². The molecule has 0 saturated carbocycles. The van der Waals surface area contributed by atoms with Gasteiger partial charge in [0.2, 0.25) is 5.95 Å². The first-order valence-corrected chi connectivity index (χ1v) is 4.25. The van der Waals surface area contributed by atoms with E-state index in [1.807, 2.05) is 16.9 Å². The van der Waals surface area contributed by atoms with Crippen molar-refractivity contribution in [3.05, 3.63) is 30.6 Å². The van der Waals surface area contributed by atoms with Gasteiger partial charge in [0.05, 0.1) is 0 Å². The number of hydrogen-bond acceptors (Lipinski definition) is 5. The van der Waals surface area contributed by atoms with Gasteiger partial charge in [-0.2, -0.15) is 10.1 Å². The predicted molar refractivity (Wildman–Crippen MR) is 50.2 cm³/mol. The van der Waals surface area contributed by atoms with E-state index in [1.165, 1.54) is 6.33 Å². The van der Waals surface area contributed by atoms with Crippen molar-refractivity contribution in [3.8, 4) is 0 Å². The minimum absolute atomic E-state index is 0.260. The fraction of sp³-hybridized carbons (Fsp3) is 0.250. The van der Waals surface area contributed by atoms with Crippen LogP contribution in [0.15, 0.2) is 24.8 Å². The molecule has 0 aliphatic rings. The third-order valence-electron chi connectivity index (χ3n) is 1.76. The van der Waals surface area contributed by atoms with E-state index in [0.717, 1.165) is 6.54 Å². The van der Waals surface area contributed by atoms with Crippen LogP contribution in [0.1, 0.15) is 5.82 Å².